The number of ether oxygens (including phenoxy) is 3. The zero-order valence-corrected chi connectivity index (χ0v) is 19.2. The van der Waals surface area contributed by atoms with Crippen molar-refractivity contribution in [3.63, 3.8) is 0 Å². The van der Waals surface area contributed by atoms with E-state index in [9.17, 15) is 9.59 Å². The lowest BCUT2D eigenvalue weighted by atomic mass is 9.95. The average molecular weight is 432 g/mol. The molecule has 31 heavy (non-hydrogen) atoms. The predicted molar refractivity (Wildman–Crippen MR) is 119 cm³/mol. The van der Waals surface area contributed by atoms with E-state index in [1.165, 1.54) is 0 Å². The van der Waals surface area contributed by atoms with Gasteiger partial charge in [-0.25, -0.2) is 0 Å². The summed E-state index contributed by atoms with van der Waals surface area (Å²) in [6.45, 7) is 14.1. The van der Waals surface area contributed by atoms with Crippen LogP contribution in [0.1, 0.15) is 65.7 Å². The number of allylic oxidation sites excluding steroid dienone is 3. The van der Waals surface area contributed by atoms with Gasteiger partial charge in [-0.2, -0.15) is 0 Å². The predicted octanol–water partition coefficient (Wildman–Crippen LogP) is 4.51. The van der Waals surface area contributed by atoms with Gasteiger partial charge in [-0.15, -0.1) is 0 Å². The summed E-state index contributed by atoms with van der Waals surface area (Å²) >= 11 is 0. The molecule has 2 saturated heterocycles. The van der Waals surface area contributed by atoms with Crippen LogP contribution in [0.2, 0.25) is 0 Å². The van der Waals surface area contributed by atoms with Gasteiger partial charge in [0.05, 0.1) is 30.7 Å². The fourth-order valence-electron chi connectivity index (χ4n) is 4.94. The van der Waals surface area contributed by atoms with E-state index >= 15 is 0 Å². The second kappa shape index (κ2) is 10.1. The van der Waals surface area contributed by atoms with E-state index in [0.717, 1.165) is 31.4 Å². The molecule has 1 saturated carbocycles. The maximum atomic E-state index is 12.9. The van der Waals surface area contributed by atoms with Gasteiger partial charge in [-0.05, 0) is 33.1 Å². The highest BCUT2D eigenvalue weighted by Gasteiger charge is 2.46. The minimum absolute atomic E-state index is 0.0672. The molecule has 0 N–H and O–H groups in total. The molecular formula is C25H37NO5. The van der Waals surface area contributed by atoms with Crippen molar-refractivity contribution in [1.82, 2.24) is 4.90 Å². The van der Waals surface area contributed by atoms with Crippen molar-refractivity contribution < 1.29 is 23.8 Å². The Balaban J connectivity index is 1.63. The second-order valence-electron chi connectivity index (χ2n) is 9.28. The highest BCUT2D eigenvalue weighted by molar-refractivity contribution is 5.86. The molecule has 1 amide bonds. The zero-order chi connectivity index (χ0) is 22.6. The Hall–Kier alpha value is -1.92. The molecule has 3 fully saturated rings. The third-order valence-electron chi connectivity index (χ3n) is 6.51. The van der Waals surface area contributed by atoms with Crippen LogP contribution in [-0.4, -0.2) is 47.4 Å². The summed E-state index contributed by atoms with van der Waals surface area (Å²) in [5, 5.41) is 0. The first-order chi connectivity index (χ1) is 14.7. The first-order valence-corrected chi connectivity index (χ1v) is 11.6. The van der Waals surface area contributed by atoms with E-state index in [1.807, 2.05) is 32.9 Å². The number of rotatable bonds is 8. The van der Waals surface area contributed by atoms with Crippen LogP contribution >= 0.6 is 0 Å². The standard InChI is InChI=1S/C25H37NO5/c1-6-7-10-22-18(4)19(5)26(24(22)28)14-11-20-15-21(16-23(27)29-17(2)3)31-25(30-20)12-8-9-13-25/h6-7,10,17-18,20-22H,1,5,8-9,11-16H2,2-4H3/b10-7-/t18?,20-,21-,22?/m1/s1. The molecule has 3 rings (SSSR count). The molecule has 0 aromatic rings. The zero-order valence-electron chi connectivity index (χ0n) is 19.2. The molecule has 0 radical (unpaired) electrons. The lowest BCUT2D eigenvalue weighted by Gasteiger charge is -2.43. The molecule has 6 nitrogen and oxygen atoms in total. The number of carbonyl (C=O) groups is 2. The molecule has 3 aliphatic rings. The second-order valence-corrected chi connectivity index (χ2v) is 9.28. The van der Waals surface area contributed by atoms with Crippen LogP contribution in [0.3, 0.4) is 0 Å². The van der Waals surface area contributed by atoms with Gasteiger partial charge in [-0.3, -0.25) is 9.59 Å². The van der Waals surface area contributed by atoms with E-state index in [2.05, 4.69) is 13.2 Å². The Bertz CT molecular complexity index is 721. The van der Waals surface area contributed by atoms with Gasteiger partial charge < -0.3 is 19.1 Å². The molecule has 2 heterocycles. The van der Waals surface area contributed by atoms with Gasteiger partial charge in [0.2, 0.25) is 5.91 Å². The smallest absolute Gasteiger partial charge is 0.308 e. The van der Waals surface area contributed by atoms with Gasteiger partial charge in [0.25, 0.3) is 0 Å². The lowest BCUT2D eigenvalue weighted by molar-refractivity contribution is -0.315. The lowest BCUT2D eigenvalue weighted by Crippen LogP contribution is -2.48. The summed E-state index contributed by atoms with van der Waals surface area (Å²) in [7, 11) is 0. The molecule has 6 heteroatoms. The van der Waals surface area contributed by atoms with E-state index in [0.29, 0.717) is 19.4 Å². The minimum Gasteiger partial charge on any atom is -0.463 e. The quantitative estimate of drug-likeness (QED) is 0.418. The highest BCUT2D eigenvalue weighted by Crippen LogP contribution is 2.42. The number of nitrogens with zero attached hydrogens (tertiary/aromatic N) is 1. The normalized spacial score (nSPS) is 30.6. The summed E-state index contributed by atoms with van der Waals surface area (Å²) in [6, 6.07) is 0. The number of carbonyl (C=O) groups excluding carboxylic acids is 2. The van der Waals surface area contributed by atoms with Crippen molar-refractivity contribution >= 4 is 11.9 Å². The maximum Gasteiger partial charge on any atom is 0.308 e. The van der Waals surface area contributed by atoms with Gasteiger partial charge in [0.15, 0.2) is 5.79 Å². The molecule has 0 bridgehead atoms. The average Bonchev–Trinajstić information content (AvgIpc) is 3.21. The third-order valence-corrected chi connectivity index (χ3v) is 6.51. The Labute approximate surface area is 186 Å². The molecule has 2 unspecified atom stereocenters. The molecule has 0 aromatic carbocycles. The maximum absolute atomic E-state index is 12.9. The van der Waals surface area contributed by atoms with Crippen molar-refractivity contribution in [2.75, 3.05) is 6.54 Å². The summed E-state index contributed by atoms with van der Waals surface area (Å²) in [6.07, 6.45) is 10.4. The van der Waals surface area contributed by atoms with E-state index in [4.69, 9.17) is 14.2 Å². The van der Waals surface area contributed by atoms with E-state index in [-0.39, 0.29) is 48.4 Å². The van der Waals surface area contributed by atoms with E-state index in [1.54, 1.807) is 11.0 Å². The van der Waals surface area contributed by atoms with Crippen LogP contribution in [0.4, 0.5) is 0 Å². The number of esters is 1. The summed E-state index contributed by atoms with van der Waals surface area (Å²) in [4.78, 5) is 26.9. The van der Waals surface area contributed by atoms with Crippen LogP contribution in [0.5, 0.6) is 0 Å². The van der Waals surface area contributed by atoms with Crippen molar-refractivity contribution in [1.29, 1.82) is 0 Å². The highest BCUT2D eigenvalue weighted by atomic mass is 16.7. The van der Waals surface area contributed by atoms with Crippen LogP contribution < -0.4 is 0 Å². The molecule has 4 atom stereocenters. The number of likely N-dealkylation sites (tertiary alicyclic amines) is 1. The molecule has 172 valence electrons. The fraction of sp³-hybridized carbons (Fsp3) is 0.680. The van der Waals surface area contributed by atoms with Crippen LogP contribution in [0.15, 0.2) is 37.1 Å². The van der Waals surface area contributed by atoms with Gasteiger partial charge in [0.1, 0.15) is 0 Å². The summed E-state index contributed by atoms with van der Waals surface area (Å²) < 4.78 is 18.0. The van der Waals surface area contributed by atoms with Crippen molar-refractivity contribution in [2.45, 2.75) is 89.8 Å². The van der Waals surface area contributed by atoms with Crippen molar-refractivity contribution in [3.8, 4) is 0 Å². The molecule has 0 aromatic heterocycles. The number of amides is 1. The Morgan fingerprint density at radius 3 is 2.61 bits per heavy atom. The molecule has 1 aliphatic carbocycles. The van der Waals surface area contributed by atoms with Crippen molar-refractivity contribution in [3.05, 3.63) is 37.1 Å². The number of hydrogen-bond donors (Lipinski definition) is 0. The topological polar surface area (TPSA) is 65.1 Å². The van der Waals surface area contributed by atoms with Gasteiger partial charge >= 0.3 is 5.97 Å². The minimum atomic E-state index is -0.597. The van der Waals surface area contributed by atoms with Crippen LogP contribution in [0, 0.1) is 11.8 Å². The van der Waals surface area contributed by atoms with Gasteiger partial charge in [-0.1, -0.05) is 38.3 Å². The first-order valence-electron chi connectivity index (χ1n) is 11.6. The summed E-state index contributed by atoms with van der Waals surface area (Å²) in [5.41, 5.74) is 0.850. The molecular weight excluding hydrogens is 394 g/mol. The van der Waals surface area contributed by atoms with Crippen molar-refractivity contribution in [2.24, 2.45) is 11.8 Å². The SMILES string of the molecule is C=C/C=C\C1C(=O)N(CC[C@@H]2C[C@H](CC(=O)OC(C)C)OC3(CCCC3)O2)C(=C)C1C. The Kier molecular flexibility index (Phi) is 7.76. The monoisotopic (exact) mass is 431 g/mol. The van der Waals surface area contributed by atoms with Crippen LogP contribution in [-0.2, 0) is 23.8 Å². The fourth-order valence-corrected chi connectivity index (χ4v) is 4.94. The van der Waals surface area contributed by atoms with E-state index < -0.39 is 5.79 Å². The largest absolute Gasteiger partial charge is 0.463 e. The summed E-state index contributed by atoms with van der Waals surface area (Å²) in [5.74, 6) is -0.877. The number of hydrogen-bond acceptors (Lipinski definition) is 5. The molecule has 1 spiro atoms. The Morgan fingerprint density at radius 2 is 1.97 bits per heavy atom. The third kappa shape index (κ3) is 5.66. The Morgan fingerprint density at radius 1 is 1.29 bits per heavy atom. The molecule has 2 aliphatic heterocycles. The first kappa shape index (κ1) is 23.7. The van der Waals surface area contributed by atoms with Crippen LogP contribution in [0.25, 0.3) is 0 Å². The van der Waals surface area contributed by atoms with Gasteiger partial charge in [0, 0.05) is 37.4 Å².